The van der Waals surface area contributed by atoms with Crippen molar-refractivity contribution < 1.29 is 23.8 Å². The van der Waals surface area contributed by atoms with Gasteiger partial charge in [-0.15, -0.1) is 0 Å². The maximum Gasteiger partial charge on any atom is 0.408 e. The molecule has 0 heterocycles. The molecule has 0 saturated heterocycles. The van der Waals surface area contributed by atoms with Crippen molar-refractivity contribution in [2.75, 3.05) is 13.7 Å². The minimum absolute atomic E-state index is 0.0119. The number of nitrogens with one attached hydrogen (secondary N) is 1. The molecule has 6 nitrogen and oxygen atoms in total. The van der Waals surface area contributed by atoms with E-state index in [2.05, 4.69) is 10.1 Å². The van der Waals surface area contributed by atoms with E-state index in [0.717, 1.165) is 11.1 Å². The third kappa shape index (κ3) is 6.64. The minimum Gasteiger partial charge on any atom is -0.467 e. The van der Waals surface area contributed by atoms with Crippen LogP contribution >= 0.6 is 0 Å². The second-order valence-corrected chi connectivity index (χ2v) is 5.28. The van der Waals surface area contributed by atoms with Crippen LogP contribution in [0.3, 0.4) is 0 Å². The molecule has 0 aliphatic rings. The lowest BCUT2D eigenvalue weighted by Gasteiger charge is -2.16. The molecular formula is C19H21NO5. The summed E-state index contributed by atoms with van der Waals surface area (Å²) in [6.45, 7) is 0.433. The molecule has 6 heteroatoms. The van der Waals surface area contributed by atoms with Crippen molar-refractivity contribution in [1.29, 1.82) is 0 Å². The molecule has 132 valence electrons. The molecule has 1 atom stereocenters. The predicted octanol–water partition coefficient (Wildman–Crippen LogP) is 2.67. The van der Waals surface area contributed by atoms with Crippen LogP contribution in [0.15, 0.2) is 60.7 Å². The molecule has 0 aromatic heterocycles. The average molecular weight is 343 g/mol. The van der Waals surface area contributed by atoms with E-state index in [1.54, 1.807) is 0 Å². The highest BCUT2D eigenvalue weighted by Crippen LogP contribution is 2.03. The quantitative estimate of drug-likeness (QED) is 0.746. The second-order valence-electron chi connectivity index (χ2n) is 5.28. The van der Waals surface area contributed by atoms with E-state index in [1.807, 2.05) is 60.7 Å². The Morgan fingerprint density at radius 2 is 1.48 bits per heavy atom. The van der Waals surface area contributed by atoms with E-state index in [0.29, 0.717) is 6.61 Å². The van der Waals surface area contributed by atoms with E-state index in [9.17, 15) is 9.59 Å². The molecule has 0 saturated carbocycles. The van der Waals surface area contributed by atoms with Gasteiger partial charge in [-0.25, -0.2) is 9.59 Å². The van der Waals surface area contributed by atoms with Gasteiger partial charge in [0.15, 0.2) is 6.04 Å². The van der Waals surface area contributed by atoms with Gasteiger partial charge in [0, 0.05) is 0 Å². The first-order valence-electron chi connectivity index (χ1n) is 7.85. The number of alkyl carbamates (subject to hydrolysis) is 1. The molecule has 0 spiro atoms. The Morgan fingerprint density at radius 1 is 0.920 bits per heavy atom. The summed E-state index contributed by atoms with van der Waals surface area (Å²) in [4.78, 5) is 23.7. The summed E-state index contributed by atoms with van der Waals surface area (Å²) in [7, 11) is 1.25. The van der Waals surface area contributed by atoms with Crippen LogP contribution in [0.1, 0.15) is 11.1 Å². The third-order valence-corrected chi connectivity index (χ3v) is 3.39. The lowest BCUT2D eigenvalue weighted by atomic mass is 10.2. The number of benzene rings is 2. The van der Waals surface area contributed by atoms with Crippen LogP contribution in [-0.2, 0) is 32.2 Å². The molecule has 1 amide bonds. The number of rotatable bonds is 8. The Kier molecular flexibility index (Phi) is 7.46. The minimum atomic E-state index is -0.933. The lowest BCUT2D eigenvalue weighted by molar-refractivity contribution is -0.144. The van der Waals surface area contributed by atoms with Crippen LogP contribution in [0.4, 0.5) is 4.79 Å². The first kappa shape index (κ1) is 18.5. The Morgan fingerprint density at radius 3 is 2.04 bits per heavy atom. The van der Waals surface area contributed by atoms with Crippen LogP contribution in [0.5, 0.6) is 0 Å². The van der Waals surface area contributed by atoms with Crippen molar-refractivity contribution in [3.05, 3.63) is 71.8 Å². The van der Waals surface area contributed by atoms with Gasteiger partial charge in [0.2, 0.25) is 0 Å². The summed E-state index contributed by atoms with van der Waals surface area (Å²) in [5, 5.41) is 2.46. The van der Waals surface area contributed by atoms with Gasteiger partial charge in [0.25, 0.3) is 0 Å². The number of hydrogen-bond donors (Lipinski definition) is 1. The molecule has 2 aromatic carbocycles. The lowest BCUT2D eigenvalue weighted by Crippen LogP contribution is -2.44. The van der Waals surface area contributed by atoms with Crippen LogP contribution in [0.25, 0.3) is 0 Å². The van der Waals surface area contributed by atoms with Crippen LogP contribution in [0, 0.1) is 0 Å². The summed E-state index contributed by atoms with van der Waals surface area (Å²) >= 11 is 0. The highest BCUT2D eigenvalue weighted by Gasteiger charge is 2.22. The maximum atomic E-state index is 11.9. The van der Waals surface area contributed by atoms with Gasteiger partial charge in [-0.1, -0.05) is 60.7 Å². The standard InChI is InChI=1S/C19H21NO5/c1-23-18(21)17(14-24-12-15-8-4-2-5-9-15)20-19(22)25-13-16-10-6-3-7-11-16/h2-11,17H,12-14H2,1H3,(H,20,22)/t17-/m1/s1. The number of methoxy groups -OCH3 is 1. The molecule has 0 unspecified atom stereocenters. The summed E-state index contributed by atoms with van der Waals surface area (Å²) in [6, 6.07) is 17.9. The van der Waals surface area contributed by atoms with E-state index in [4.69, 9.17) is 9.47 Å². The Balaban J connectivity index is 1.80. The molecule has 0 bridgehead atoms. The summed E-state index contributed by atoms with van der Waals surface area (Å²) in [5.41, 5.74) is 1.82. The van der Waals surface area contributed by atoms with Crippen LogP contribution in [0.2, 0.25) is 0 Å². The SMILES string of the molecule is COC(=O)[C@@H](COCc1ccccc1)NC(=O)OCc1ccccc1. The van der Waals surface area contributed by atoms with Gasteiger partial charge >= 0.3 is 12.1 Å². The zero-order valence-electron chi connectivity index (χ0n) is 14.0. The molecule has 0 fully saturated rings. The van der Waals surface area contributed by atoms with Crippen molar-refractivity contribution >= 4 is 12.1 Å². The van der Waals surface area contributed by atoms with Crippen molar-refractivity contribution in [1.82, 2.24) is 5.32 Å². The largest absolute Gasteiger partial charge is 0.467 e. The van der Waals surface area contributed by atoms with Crippen molar-refractivity contribution in [2.45, 2.75) is 19.3 Å². The smallest absolute Gasteiger partial charge is 0.408 e. The monoisotopic (exact) mass is 343 g/mol. The fourth-order valence-corrected chi connectivity index (χ4v) is 2.09. The Bertz CT molecular complexity index is 660. The van der Waals surface area contributed by atoms with Gasteiger partial charge in [-0.2, -0.15) is 0 Å². The van der Waals surface area contributed by atoms with Crippen molar-refractivity contribution in [3.63, 3.8) is 0 Å². The van der Waals surface area contributed by atoms with E-state index in [-0.39, 0.29) is 13.2 Å². The zero-order chi connectivity index (χ0) is 17.9. The van der Waals surface area contributed by atoms with Crippen molar-refractivity contribution in [3.8, 4) is 0 Å². The number of esters is 1. The fraction of sp³-hybridized carbons (Fsp3) is 0.263. The highest BCUT2D eigenvalue weighted by atomic mass is 16.6. The molecule has 1 N–H and O–H groups in total. The molecule has 0 aliphatic heterocycles. The first-order valence-corrected chi connectivity index (χ1v) is 7.85. The number of carbonyl (C=O) groups excluding carboxylic acids is 2. The van der Waals surface area contributed by atoms with Gasteiger partial charge in [0.05, 0.1) is 20.3 Å². The van der Waals surface area contributed by atoms with Gasteiger partial charge in [-0.3, -0.25) is 0 Å². The Labute approximate surface area is 146 Å². The fourth-order valence-electron chi connectivity index (χ4n) is 2.09. The number of hydrogen-bond acceptors (Lipinski definition) is 5. The average Bonchev–Trinajstić information content (AvgIpc) is 2.66. The summed E-state index contributed by atoms with van der Waals surface area (Å²) < 4.78 is 15.3. The zero-order valence-corrected chi connectivity index (χ0v) is 14.0. The predicted molar refractivity (Wildman–Crippen MR) is 91.7 cm³/mol. The first-order chi connectivity index (χ1) is 12.2. The molecule has 0 radical (unpaired) electrons. The van der Waals surface area contributed by atoms with Crippen LogP contribution < -0.4 is 5.32 Å². The number of amides is 1. The van der Waals surface area contributed by atoms with E-state index < -0.39 is 18.1 Å². The number of carbonyl (C=O) groups is 2. The van der Waals surface area contributed by atoms with Gasteiger partial charge in [0.1, 0.15) is 6.61 Å². The molecule has 2 rings (SSSR count). The molecule has 0 aliphatic carbocycles. The van der Waals surface area contributed by atoms with Crippen molar-refractivity contribution in [2.24, 2.45) is 0 Å². The Hall–Kier alpha value is -2.86. The van der Waals surface area contributed by atoms with E-state index in [1.165, 1.54) is 7.11 Å². The second kappa shape index (κ2) is 10.1. The maximum absolute atomic E-state index is 11.9. The summed E-state index contributed by atoms with van der Waals surface area (Å²) in [6.07, 6.45) is -0.706. The number of ether oxygens (including phenoxy) is 3. The summed E-state index contributed by atoms with van der Waals surface area (Å²) in [5.74, 6) is -0.593. The van der Waals surface area contributed by atoms with Gasteiger partial charge < -0.3 is 19.5 Å². The van der Waals surface area contributed by atoms with Gasteiger partial charge in [-0.05, 0) is 11.1 Å². The third-order valence-electron chi connectivity index (χ3n) is 3.39. The normalized spacial score (nSPS) is 11.4. The molecule has 2 aromatic rings. The highest BCUT2D eigenvalue weighted by molar-refractivity contribution is 5.81. The topological polar surface area (TPSA) is 73.9 Å². The molecular weight excluding hydrogens is 322 g/mol. The van der Waals surface area contributed by atoms with Crippen LogP contribution in [-0.4, -0.2) is 31.8 Å². The van der Waals surface area contributed by atoms with E-state index >= 15 is 0 Å². The molecule has 25 heavy (non-hydrogen) atoms.